The van der Waals surface area contributed by atoms with E-state index in [9.17, 15) is 14.7 Å². The van der Waals surface area contributed by atoms with Crippen molar-refractivity contribution in [3.8, 4) is 0 Å². The SMILES string of the molecule is O=C1CC(C(=O)O)C(c2ccccc2C2CC2)O1. The van der Waals surface area contributed by atoms with E-state index in [1.807, 2.05) is 24.3 Å². The molecule has 94 valence electrons. The quantitative estimate of drug-likeness (QED) is 0.831. The van der Waals surface area contributed by atoms with Gasteiger partial charge in [-0.1, -0.05) is 24.3 Å². The first-order valence-corrected chi connectivity index (χ1v) is 6.18. The summed E-state index contributed by atoms with van der Waals surface area (Å²) in [5, 5.41) is 9.18. The third kappa shape index (κ3) is 1.88. The van der Waals surface area contributed by atoms with Crippen LogP contribution in [0.3, 0.4) is 0 Å². The van der Waals surface area contributed by atoms with Crippen molar-refractivity contribution >= 4 is 11.9 Å². The molecule has 0 bridgehead atoms. The summed E-state index contributed by atoms with van der Waals surface area (Å²) in [4.78, 5) is 22.5. The van der Waals surface area contributed by atoms with E-state index in [1.165, 1.54) is 0 Å². The van der Waals surface area contributed by atoms with Crippen molar-refractivity contribution in [1.29, 1.82) is 0 Å². The maximum absolute atomic E-state index is 11.4. The molecule has 1 saturated carbocycles. The number of carbonyl (C=O) groups is 2. The number of benzene rings is 1. The lowest BCUT2D eigenvalue weighted by Gasteiger charge is -2.18. The Kier molecular flexibility index (Phi) is 2.58. The number of ether oxygens (including phenoxy) is 1. The number of hydrogen-bond donors (Lipinski definition) is 1. The van der Waals surface area contributed by atoms with Gasteiger partial charge in [-0.2, -0.15) is 0 Å². The second kappa shape index (κ2) is 4.12. The summed E-state index contributed by atoms with van der Waals surface area (Å²) < 4.78 is 5.22. The predicted octanol–water partition coefficient (Wildman–Crippen LogP) is 2.25. The normalized spacial score (nSPS) is 27.0. The lowest BCUT2D eigenvalue weighted by atomic mass is 9.90. The van der Waals surface area contributed by atoms with Crippen molar-refractivity contribution in [3.63, 3.8) is 0 Å². The molecule has 4 nitrogen and oxygen atoms in total. The van der Waals surface area contributed by atoms with E-state index in [4.69, 9.17) is 4.74 Å². The number of cyclic esters (lactones) is 1. The van der Waals surface area contributed by atoms with Crippen LogP contribution in [-0.4, -0.2) is 17.0 Å². The molecule has 1 aliphatic carbocycles. The molecule has 18 heavy (non-hydrogen) atoms. The molecular weight excluding hydrogens is 232 g/mol. The highest BCUT2D eigenvalue weighted by Gasteiger charge is 2.42. The highest BCUT2D eigenvalue weighted by atomic mass is 16.6. The monoisotopic (exact) mass is 246 g/mol. The Hall–Kier alpha value is -1.84. The predicted molar refractivity (Wildman–Crippen MR) is 63.0 cm³/mol. The van der Waals surface area contributed by atoms with Crippen LogP contribution >= 0.6 is 0 Å². The molecule has 1 aromatic rings. The Balaban J connectivity index is 1.98. The standard InChI is InChI=1S/C14H14O4/c15-12-7-11(14(16)17)13(18-12)10-4-2-1-3-9(10)8-5-6-8/h1-4,8,11,13H,5-7H2,(H,16,17). The maximum Gasteiger partial charge on any atom is 0.311 e. The summed E-state index contributed by atoms with van der Waals surface area (Å²) in [5.74, 6) is -1.62. The molecule has 2 fully saturated rings. The fourth-order valence-electron chi connectivity index (χ4n) is 2.59. The Bertz CT molecular complexity index is 504. The summed E-state index contributed by atoms with van der Waals surface area (Å²) in [6, 6.07) is 7.71. The summed E-state index contributed by atoms with van der Waals surface area (Å²) in [5.41, 5.74) is 2.02. The Labute approximate surface area is 105 Å². The van der Waals surface area contributed by atoms with E-state index >= 15 is 0 Å². The Morgan fingerprint density at radius 2 is 1.89 bits per heavy atom. The Morgan fingerprint density at radius 3 is 2.50 bits per heavy atom. The first kappa shape index (κ1) is 11.3. The molecular formula is C14H14O4. The molecule has 1 aliphatic heterocycles. The summed E-state index contributed by atoms with van der Waals surface area (Å²) in [7, 11) is 0. The van der Waals surface area contributed by atoms with E-state index in [0.717, 1.165) is 24.0 Å². The second-order valence-corrected chi connectivity index (χ2v) is 4.96. The lowest BCUT2D eigenvalue weighted by molar-refractivity contribution is -0.144. The van der Waals surface area contributed by atoms with Gasteiger partial charge in [-0.05, 0) is 29.9 Å². The molecule has 2 unspecified atom stereocenters. The smallest absolute Gasteiger partial charge is 0.311 e. The van der Waals surface area contributed by atoms with Crippen LogP contribution in [0.5, 0.6) is 0 Å². The summed E-state index contributed by atoms with van der Waals surface area (Å²) >= 11 is 0. The van der Waals surface area contributed by atoms with Crippen molar-refractivity contribution < 1.29 is 19.4 Å². The van der Waals surface area contributed by atoms with Crippen molar-refractivity contribution in [3.05, 3.63) is 35.4 Å². The molecule has 1 saturated heterocycles. The first-order valence-electron chi connectivity index (χ1n) is 6.18. The minimum atomic E-state index is -0.962. The molecule has 2 atom stereocenters. The minimum Gasteiger partial charge on any atom is -0.481 e. The Morgan fingerprint density at radius 1 is 1.22 bits per heavy atom. The molecule has 1 aromatic carbocycles. The zero-order valence-electron chi connectivity index (χ0n) is 9.83. The molecule has 1 heterocycles. The van der Waals surface area contributed by atoms with Gasteiger partial charge >= 0.3 is 11.9 Å². The average molecular weight is 246 g/mol. The molecule has 3 rings (SSSR count). The van der Waals surface area contributed by atoms with Gasteiger partial charge in [0.15, 0.2) is 0 Å². The number of carbonyl (C=O) groups excluding carboxylic acids is 1. The van der Waals surface area contributed by atoms with Crippen LogP contribution < -0.4 is 0 Å². The van der Waals surface area contributed by atoms with E-state index in [0.29, 0.717) is 5.92 Å². The number of carboxylic acid groups (broad SMARTS) is 1. The zero-order valence-corrected chi connectivity index (χ0v) is 9.83. The van der Waals surface area contributed by atoms with Gasteiger partial charge in [-0.25, -0.2) is 0 Å². The van der Waals surface area contributed by atoms with Crippen LogP contribution in [-0.2, 0) is 14.3 Å². The highest BCUT2D eigenvalue weighted by molar-refractivity contribution is 5.83. The van der Waals surface area contributed by atoms with Crippen LogP contribution in [0.2, 0.25) is 0 Å². The van der Waals surface area contributed by atoms with Crippen molar-refractivity contribution in [2.24, 2.45) is 5.92 Å². The van der Waals surface area contributed by atoms with Crippen LogP contribution in [0.25, 0.3) is 0 Å². The van der Waals surface area contributed by atoms with Gasteiger partial charge < -0.3 is 9.84 Å². The molecule has 1 N–H and O–H groups in total. The van der Waals surface area contributed by atoms with Gasteiger partial charge in [0.1, 0.15) is 12.0 Å². The number of rotatable bonds is 3. The molecule has 4 heteroatoms. The fraction of sp³-hybridized carbons (Fsp3) is 0.429. The van der Waals surface area contributed by atoms with E-state index < -0.39 is 24.0 Å². The lowest BCUT2D eigenvalue weighted by Crippen LogP contribution is -2.18. The van der Waals surface area contributed by atoms with E-state index in [2.05, 4.69) is 0 Å². The zero-order chi connectivity index (χ0) is 12.7. The van der Waals surface area contributed by atoms with E-state index in [-0.39, 0.29) is 6.42 Å². The second-order valence-electron chi connectivity index (χ2n) is 4.96. The van der Waals surface area contributed by atoms with Gasteiger partial charge in [-0.3, -0.25) is 9.59 Å². The third-order valence-electron chi connectivity index (χ3n) is 3.65. The largest absolute Gasteiger partial charge is 0.481 e. The minimum absolute atomic E-state index is 0.0288. The van der Waals surface area contributed by atoms with Crippen molar-refractivity contribution in [1.82, 2.24) is 0 Å². The van der Waals surface area contributed by atoms with Crippen LogP contribution in [0, 0.1) is 5.92 Å². The van der Waals surface area contributed by atoms with Gasteiger partial charge in [0, 0.05) is 0 Å². The summed E-state index contributed by atoms with van der Waals surface area (Å²) in [6.07, 6.45) is 1.62. The molecule has 0 amide bonds. The van der Waals surface area contributed by atoms with E-state index in [1.54, 1.807) is 0 Å². The number of aliphatic carboxylic acids is 1. The van der Waals surface area contributed by atoms with Crippen LogP contribution in [0.1, 0.15) is 42.4 Å². The van der Waals surface area contributed by atoms with Gasteiger partial charge in [-0.15, -0.1) is 0 Å². The summed E-state index contributed by atoms with van der Waals surface area (Å²) in [6.45, 7) is 0. The number of hydrogen-bond acceptors (Lipinski definition) is 3. The fourth-order valence-corrected chi connectivity index (χ4v) is 2.59. The third-order valence-corrected chi connectivity index (χ3v) is 3.65. The van der Waals surface area contributed by atoms with Crippen LogP contribution in [0.4, 0.5) is 0 Å². The highest BCUT2D eigenvalue weighted by Crippen LogP contribution is 2.46. The van der Waals surface area contributed by atoms with Crippen molar-refractivity contribution in [2.75, 3.05) is 0 Å². The van der Waals surface area contributed by atoms with Gasteiger partial charge in [0.25, 0.3) is 0 Å². The van der Waals surface area contributed by atoms with Crippen LogP contribution in [0.15, 0.2) is 24.3 Å². The number of carboxylic acids is 1. The number of esters is 1. The topological polar surface area (TPSA) is 63.6 Å². The van der Waals surface area contributed by atoms with Crippen molar-refractivity contribution in [2.45, 2.75) is 31.3 Å². The first-order chi connectivity index (χ1) is 8.66. The average Bonchev–Trinajstić information content (AvgIpc) is 3.12. The molecule has 0 radical (unpaired) electrons. The maximum atomic E-state index is 11.4. The molecule has 2 aliphatic rings. The molecule has 0 spiro atoms. The van der Waals surface area contributed by atoms with Gasteiger partial charge in [0.2, 0.25) is 0 Å². The van der Waals surface area contributed by atoms with Gasteiger partial charge in [0.05, 0.1) is 6.42 Å². The molecule has 0 aromatic heterocycles.